The maximum absolute atomic E-state index is 13.9. The molecule has 0 spiro atoms. The highest BCUT2D eigenvalue weighted by Crippen LogP contribution is 2.64. The Labute approximate surface area is 416 Å². The van der Waals surface area contributed by atoms with Gasteiger partial charge < -0.3 is 9.47 Å². The molecule has 0 N–H and O–H groups in total. The lowest BCUT2D eigenvalue weighted by Gasteiger charge is -2.30. The van der Waals surface area contributed by atoms with Gasteiger partial charge in [0.25, 0.3) is 0 Å². The van der Waals surface area contributed by atoms with Crippen LogP contribution in [0.2, 0.25) is 0 Å². The second kappa shape index (κ2) is 17.1. The Balaban J connectivity index is 0.000000156. The molecule has 0 aliphatic carbocycles. The molecule has 6 aliphatic rings. The molecule has 4 bridgehead atoms. The summed E-state index contributed by atoms with van der Waals surface area (Å²) in [6.45, 7) is 18.9. The van der Waals surface area contributed by atoms with Gasteiger partial charge in [0.2, 0.25) is 23.6 Å². The first-order valence-electron chi connectivity index (χ1n) is 24.1. The van der Waals surface area contributed by atoms with Gasteiger partial charge in [-0.1, -0.05) is 109 Å². The normalized spacial score (nSPS) is 28.6. The molecule has 352 valence electrons. The summed E-state index contributed by atoms with van der Waals surface area (Å²) in [5.74, 6) is -3.02. The summed E-state index contributed by atoms with van der Waals surface area (Å²) in [6, 6.07) is 40.5. The van der Waals surface area contributed by atoms with Crippen LogP contribution in [0.4, 0.5) is 22.7 Å². The van der Waals surface area contributed by atoms with E-state index in [9.17, 15) is 19.2 Å². The lowest BCUT2D eigenvalue weighted by molar-refractivity contribution is -0.132. The van der Waals surface area contributed by atoms with E-state index in [2.05, 4.69) is 21.8 Å². The molecule has 6 aromatic rings. The van der Waals surface area contributed by atoms with E-state index in [0.717, 1.165) is 45.5 Å². The minimum absolute atomic E-state index is 0.217. The standard InChI is InChI=1S/2C30H23N3O3/c2*1-29-16-17-30(36-29,15-5-6-19-9-11-20(18-31)12-10-19)26-25(29)27(34)33(28(26)35)24-14-13-23(32-2)21-7-3-4-8-22(21)24/h2*3-14,25-26H,15-17H2,1H3/b6-5+;6-5-/t2*25-,26+,29?,30?/m11/s1. The van der Waals surface area contributed by atoms with Gasteiger partial charge in [0.1, 0.15) is 0 Å². The van der Waals surface area contributed by atoms with Gasteiger partial charge in [-0.2, -0.15) is 10.5 Å². The lowest BCUT2D eigenvalue weighted by atomic mass is 9.67. The number of hydrogen-bond donors (Lipinski definition) is 0. The van der Waals surface area contributed by atoms with E-state index in [-0.39, 0.29) is 23.6 Å². The third-order valence-corrected chi connectivity index (χ3v) is 16.1. The largest absolute Gasteiger partial charge is 0.367 e. The number of nitrogens with zero attached hydrogens (tertiary/aromatic N) is 6. The molecule has 0 saturated carbocycles. The molecule has 72 heavy (non-hydrogen) atoms. The highest BCUT2D eigenvalue weighted by Gasteiger charge is 2.75. The number of benzene rings is 6. The third kappa shape index (κ3) is 6.98. The number of anilines is 2. The van der Waals surface area contributed by atoms with Gasteiger partial charge in [-0.3, -0.25) is 19.2 Å². The fourth-order valence-corrected chi connectivity index (χ4v) is 12.8. The van der Waals surface area contributed by atoms with E-state index in [0.29, 0.717) is 59.6 Å². The van der Waals surface area contributed by atoms with Gasteiger partial charge in [0, 0.05) is 0 Å². The summed E-state index contributed by atoms with van der Waals surface area (Å²) in [5.41, 5.74) is 2.38. The minimum atomic E-state index is -0.726. The van der Waals surface area contributed by atoms with Crippen LogP contribution in [-0.2, 0) is 28.7 Å². The molecule has 4 unspecified atom stereocenters. The fraction of sp³-hybridized carbons (Fsp3) is 0.267. The van der Waals surface area contributed by atoms with Crippen LogP contribution >= 0.6 is 0 Å². The average Bonchev–Trinajstić information content (AvgIpc) is 4.20. The van der Waals surface area contributed by atoms with E-state index in [1.54, 1.807) is 48.5 Å². The Hall–Kier alpha value is -8.52. The van der Waals surface area contributed by atoms with Crippen LogP contribution in [0.3, 0.4) is 0 Å². The van der Waals surface area contributed by atoms with Crippen LogP contribution in [0.25, 0.3) is 43.4 Å². The summed E-state index contributed by atoms with van der Waals surface area (Å²) < 4.78 is 13.1. The fourth-order valence-electron chi connectivity index (χ4n) is 12.8. The number of fused-ring (bicyclic) bond motifs is 12. The van der Waals surface area contributed by atoms with Crippen LogP contribution in [0.5, 0.6) is 0 Å². The van der Waals surface area contributed by atoms with Crippen molar-refractivity contribution in [3.63, 3.8) is 0 Å². The molecule has 8 atom stereocenters. The molecule has 6 heterocycles. The molecule has 6 aromatic carbocycles. The predicted molar refractivity (Wildman–Crippen MR) is 272 cm³/mol. The molecule has 6 fully saturated rings. The Bertz CT molecular complexity index is 3320. The zero-order valence-corrected chi connectivity index (χ0v) is 39.5. The maximum Gasteiger partial charge on any atom is 0.240 e. The molecule has 6 saturated heterocycles. The van der Waals surface area contributed by atoms with Gasteiger partial charge in [-0.05, 0) is 121 Å². The van der Waals surface area contributed by atoms with Crippen molar-refractivity contribution in [3.8, 4) is 12.1 Å². The number of imide groups is 2. The topological polar surface area (TPSA) is 150 Å². The van der Waals surface area contributed by atoms with Crippen molar-refractivity contribution < 1.29 is 28.7 Å². The number of nitriles is 2. The van der Waals surface area contributed by atoms with Gasteiger partial charge in [-0.25, -0.2) is 19.5 Å². The zero-order chi connectivity index (χ0) is 50.2. The van der Waals surface area contributed by atoms with E-state index >= 15 is 0 Å². The second-order valence-corrected chi connectivity index (χ2v) is 20.1. The second-order valence-electron chi connectivity index (χ2n) is 20.1. The van der Waals surface area contributed by atoms with Crippen LogP contribution in [-0.4, -0.2) is 46.0 Å². The van der Waals surface area contributed by atoms with Crippen molar-refractivity contribution >= 4 is 80.1 Å². The van der Waals surface area contributed by atoms with Gasteiger partial charge >= 0.3 is 0 Å². The van der Waals surface area contributed by atoms with Crippen molar-refractivity contribution in [2.24, 2.45) is 23.7 Å². The molecule has 12 nitrogen and oxygen atoms in total. The van der Waals surface area contributed by atoms with Crippen molar-refractivity contribution in [2.75, 3.05) is 9.80 Å². The van der Waals surface area contributed by atoms with E-state index in [1.165, 1.54) is 9.80 Å². The number of ether oxygens (including phenoxy) is 2. The Morgan fingerprint density at radius 1 is 0.528 bits per heavy atom. The summed E-state index contributed by atoms with van der Waals surface area (Å²) >= 11 is 0. The van der Waals surface area contributed by atoms with Crippen molar-refractivity contribution in [2.45, 2.75) is 74.8 Å². The molecule has 12 heteroatoms. The number of carbonyl (C=O) groups is 4. The van der Waals surface area contributed by atoms with Crippen molar-refractivity contribution in [1.82, 2.24) is 0 Å². The lowest BCUT2D eigenvalue weighted by Crippen LogP contribution is -2.41. The summed E-state index contributed by atoms with van der Waals surface area (Å²) in [6.07, 6.45) is 11.9. The SMILES string of the molecule is [C-]#[N+]c1ccc(N2C(=O)[C@@H]3[C@H](C2=O)C2(C)CCC3(C/C=C/c3ccc(C#N)cc3)O2)c2ccccc12.[C-]#[N+]c1ccc(N2C(=O)[C@@H]3[C@H](C2=O)C2(C)CCC3(C/C=C\c3ccc(C#N)cc3)O2)c2ccccc12. The van der Waals surface area contributed by atoms with Gasteiger partial charge in [-0.15, -0.1) is 0 Å². The zero-order valence-electron chi connectivity index (χ0n) is 39.5. The molecule has 0 aromatic heterocycles. The number of hydrogen-bond acceptors (Lipinski definition) is 8. The Kier molecular flexibility index (Phi) is 10.9. The summed E-state index contributed by atoms with van der Waals surface area (Å²) in [5, 5.41) is 20.9. The Morgan fingerprint density at radius 2 is 0.889 bits per heavy atom. The summed E-state index contributed by atoms with van der Waals surface area (Å²) in [7, 11) is 0. The van der Waals surface area contributed by atoms with Gasteiger partial charge in [0.05, 0.1) is 93.9 Å². The first-order chi connectivity index (χ1) is 34.8. The monoisotopic (exact) mass is 946 g/mol. The smallest absolute Gasteiger partial charge is 0.240 e. The first-order valence-corrected chi connectivity index (χ1v) is 24.1. The molecule has 6 aliphatic heterocycles. The molecule has 12 rings (SSSR count). The highest BCUT2D eigenvalue weighted by atomic mass is 16.5. The van der Waals surface area contributed by atoms with E-state index in [4.69, 9.17) is 33.1 Å². The van der Waals surface area contributed by atoms with Crippen molar-refractivity contribution in [1.29, 1.82) is 10.5 Å². The average molecular weight is 947 g/mol. The third-order valence-electron chi connectivity index (χ3n) is 16.1. The highest BCUT2D eigenvalue weighted by molar-refractivity contribution is 6.27. The van der Waals surface area contributed by atoms with Crippen molar-refractivity contribution in [3.05, 3.63) is 179 Å². The van der Waals surface area contributed by atoms with Crippen LogP contribution in [0.1, 0.15) is 74.6 Å². The molecular formula is C60H46N6O6. The summed E-state index contributed by atoms with van der Waals surface area (Å²) in [4.78, 5) is 65.4. The minimum Gasteiger partial charge on any atom is -0.367 e. The molecule has 0 radical (unpaired) electrons. The van der Waals surface area contributed by atoms with Gasteiger partial charge in [0.15, 0.2) is 11.4 Å². The van der Waals surface area contributed by atoms with Crippen LogP contribution in [0, 0.1) is 59.5 Å². The van der Waals surface area contributed by atoms with E-state index in [1.807, 2.05) is 111 Å². The quantitative estimate of drug-likeness (QED) is 0.108. The Morgan fingerprint density at radius 3 is 1.25 bits per heavy atom. The van der Waals surface area contributed by atoms with Crippen LogP contribution in [0.15, 0.2) is 133 Å². The molecule has 4 amide bonds. The molecular weight excluding hydrogens is 901 g/mol. The van der Waals surface area contributed by atoms with Crippen LogP contribution < -0.4 is 9.80 Å². The number of carbonyl (C=O) groups excluding carboxylic acids is 4. The predicted octanol–water partition coefficient (Wildman–Crippen LogP) is 11.6. The maximum atomic E-state index is 13.9. The number of rotatable bonds is 8. The number of amides is 4. The van der Waals surface area contributed by atoms with E-state index < -0.39 is 46.1 Å². The first kappa shape index (κ1) is 45.9.